The van der Waals surface area contributed by atoms with Gasteiger partial charge in [-0.2, -0.15) is 0 Å². The molecule has 1 aliphatic heterocycles. The van der Waals surface area contributed by atoms with Crippen LogP contribution in [0.4, 0.5) is 4.39 Å². The van der Waals surface area contributed by atoms with Gasteiger partial charge in [-0.25, -0.2) is 4.39 Å². The number of hydrogen-bond donors (Lipinski definition) is 2. The minimum absolute atomic E-state index is 0.0631. The smallest absolute Gasteiger partial charge is 0.134 e. The Morgan fingerprint density at radius 1 is 1.04 bits per heavy atom. The molecule has 1 saturated heterocycles. The highest BCUT2D eigenvalue weighted by Gasteiger charge is 2.37. The lowest BCUT2D eigenvalue weighted by Gasteiger charge is -2.36. The minimum atomic E-state index is -1.16. The molecule has 5 nitrogen and oxygen atoms in total. The van der Waals surface area contributed by atoms with Gasteiger partial charge in [0, 0.05) is 19.6 Å². The van der Waals surface area contributed by atoms with Gasteiger partial charge in [0.15, 0.2) is 0 Å². The third-order valence-electron chi connectivity index (χ3n) is 5.31. The number of hydrogen-bond acceptors (Lipinski definition) is 5. The van der Waals surface area contributed by atoms with Crippen LogP contribution >= 0.6 is 0 Å². The average molecular weight is 367 g/mol. The summed E-state index contributed by atoms with van der Waals surface area (Å²) in [6.07, 6.45) is 6.10. The van der Waals surface area contributed by atoms with Gasteiger partial charge in [0.25, 0.3) is 0 Å². The number of β-amino-alcohol motifs (C(OH)–C–C–N with tert-alkyl or cyclic N) is 2. The maximum atomic E-state index is 13.0. The fraction of sp³-hybridized carbons (Fsp3) is 0.700. The molecule has 0 radical (unpaired) electrons. The highest BCUT2D eigenvalue weighted by Crippen LogP contribution is 2.29. The third-order valence-corrected chi connectivity index (χ3v) is 5.31. The molecule has 0 bridgehead atoms. The molecule has 1 aromatic rings. The van der Waals surface area contributed by atoms with Crippen molar-refractivity contribution in [3.8, 4) is 5.75 Å². The number of nitrogens with zero attached hydrogens (tertiary/aromatic N) is 1. The molecule has 1 aliphatic carbocycles. The van der Waals surface area contributed by atoms with Crippen LogP contribution in [0.25, 0.3) is 0 Å². The molecule has 1 unspecified atom stereocenters. The zero-order valence-electron chi connectivity index (χ0n) is 15.3. The van der Waals surface area contributed by atoms with Crippen LogP contribution in [0.3, 0.4) is 0 Å². The lowest BCUT2D eigenvalue weighted by atomic mass is 9.93. The van der Waals surface area contributed by atoms with Gasteiger partial charge in [0.1, 0.15) is 23.8 Å². The molecule has 0 amide bonds. The number of ether oxygens (including phenoxy) is 2. The normalized spacial score (nSPS) is 27.5. The average Bonchev–Trinajstić information content (AvgIpc) is 2.93. The van der Waals surface area contributed by atoms with Crippen LogP contribution < -0.4 is 4.74 Å². The lowest BCUT2D eigenvalue weighted by Crippen LogP contribution is -2.52. The predicted molar refractivity (Wildman–Crippen MR) is 96.8 cm³/mol. The summed E-state index contributed by atoms with van der Waals surface area (Å²) >= 11 is 0. The Morgan fingerprint density at radius 2 is 1.73 bits per heavy atom. The Hall–Kier alpha value is -1.21. The molecule has 2 fully saturated rings. The molecular formula is C20H30FNO4. The zero-order valence-corrected chi connectivity index (χ0v) is 15.3. The minimum Gasteiger partial charge on any atom is -0.490 e. The van der Waals surface area contributed by atoms with E-state index in [2.05, 4.69) is 4.90 Å². The van der Waals surface area contributed by atoms with Crippen LogP contribution in [0.5, 0.6) is 5.75 Å². The molecule has 2 aliphatic rings. The highest BCUT2D eigenvalue weighted by molar-refractivity contribution is 5.22. The molecule has 6 heteroatoms. The van der Waals surface area contributed by atoms with Crippen molar-refractivity contribution in [1.82, 2.24) is 4.90 Å². The first-order chi connectivity index (χ1) is 12.5. The van der Waals surface area contributed by atoms with Crippen molar-refractivity contribution < 1.29 is 24.1 Å². The maximum absolute atomic E-state index is 13.0. The molecular weight excluding hydrogens is 337 g/mol. The van der Waals surface area contributed by atoms with Crippen LogP contribution in [0.2, 0.25) is 0 Å². The highest BCUT2D eigenvalue weighted by atomic mass is 19.1. The molecule has 146 valence electrons. The summed E-state index contributed by atoms with van der Waals surface area (Å²) in [6, 6.07) is 5.75. The van der Waals surface area contributed by atoms with Crippen molar-refractivity contribution >= 4 is 0 Å². The van der Waals surface area contributed by atoms with Gasteiger partial charge in [0.2, 0.25) is 0 Å². The molecule has 3 rings (SSSR count). The van der Waals surface area contributed by atoms with Gasteiger partial charge in [-0.15, -0.1) is 0 Å². The van der Waals surface area contributed by atoms with E-state index in [-0.39, 0.29) is 19.0 Å². The summed E-state index contributed by atoms with van der Waals surface area (Å²) in [6.45, 7) is 2.39. The molecule has 1 heterocycles. The quantitative estimate of drug-likeness (QED) is 0.783. The summed E-state index contributed by atoms with van der Waals surface area (Å²) in [7, 11) is 0. The van der Waals surface area contributed by atoms with Gasteiger partial charge in [0.05, 0.1) is 18.8 Å². The van der Waals surface area contributed by atoms with E-state index in [0.29, 0.717) is 32.0 Å². The van der Waals surface area contributed by atoms with Gasteiger partial charge in [-0.3, -0.25) is 4.90 Å². The topological polar surface area (TPSA) is 62.2 Å². The second-order valence-corrected chi connectivity index (χ2v) is 7.87. The Labute approximate surface area is 154 Å². The lowest BCUT2D eigenvalue weighted by molar-refractivity contribution is -0.0733. The number of rotatable bonds is 5. The van der Waals surface area contributed by atoms with Crippen LogP contribution in [-0.4, -0.2) is 65.8 Å². The molecule has 0 aromatic heterocycles. The van der Waals surface area contributed by atoms with E-state index >= 15 is 0 Å². The molecule has 2 N–H and O–H groups in total. The first-order valence-electron chi connectivity index (χ1n) is 9.60. The van der Waals surface area contributed by atoms with Crippen molar-refractivity contribution in [3.05, 3.63) is 30.1 Å². The summed E-state index contributed by atoms with van der Waals surface area (Å²) in [5.41, 5.74) is -1.84. The fourth-order valence-corrected chi connectivity index (χ4v) is 3.93. The number of halogens is 1. The van der Waals surface area contributed by atoms with Gasteiger partial charge in [-0.05, 0) is 37.1 Å². The van der Waals surface area contributed by atoms with Gasteiger partial charge < -0.3 is 19.7 Å². The van der Waals surface area contributed by atoms with Crippen molar-refractivity contribution in [3.63, 3.8) is 0 Å². The molecule has 1 atom stereocenters. The Morgan fingerprint density at radius 3 is 2.42 bits per heavy atom. The standard InChI is InChI=1S/C20H30FNO4/c21-17-5-7-18(8-6-17)26-16-20(24)14-22(11-12-25-15-20)13-19(23)9-3-1-2-4-10-19/h5-8,23-24H,1-4,9-16H2. The van der Waals surface area contributed by atoms with E-state index in [4.69, 9.17) is 9.47 Å². The van der Waals surface area contributed by atoms with E-state index in [1.54, 1.807) is 12.1 Å². The molecule has 26 heavy (non-hydrogen) atoms. The second kappa shape index (κ2) is 8.65. The zero-order chi connectivity index (χ0) is 18.5. The van der Waals surface area contributed by atoms with E-state index in [0.717, 1.165) is 25.7 Å². The first-order valence-corrected chi connectivity index (χ1v) is 9.60. The van der Waals surface area contributed by atoms with Crippen molar-refractivity contribution in [1.29, 1.82) is 0 Å². The maximum Gasteiger partial charge on any atom is 0.134 e. The van der Waals surface area contributed by atoms with Crippen LogP contribution in [0.1, 0.15) is 38.5 Å². The first kappa shape index (κ1) is 19.5. The number of benzene rings is 1. The van der Waals surface area contributed by atoms with Crippen molar-refractivity contribution in [2.24, 2.45) is 0 Å². The third kappa shape index (κ3) is 5.64. The van der Waals surface area contributed by atoms with Crippen LogP contribution in [0, 0.1) is 5.82 Å². The fourth-order valence-electron chi connectivity index (χ4n) is 3.93. The van der Waals surface area contributed by atoms with E-state index in [9.17, 15) is 14.6 Å². The predicted octanol–water partition coefficient (Wildman–Crippen LogP) is 2.35. The van der Waals surface area contributed by atoms with Crippen LogP contribution in [-0.2, 0) is 4.74 Å². The van der Waals surface area contributed by atoms with E-state index in [1.807, 2.05) is 0 Å². The van der Waals surface area contributed by atoms with E-state index < -0.39 is 11.2 Å². The molecule has 1 saturated carbocycles. The van der Waals surface area contributed by atoms with E-state index in [1.165, 1.54) is 25.0 Å². The van der Waals surface area contributed by atoms with Crippen molar-refractivity contribution in [2.45, 2.75) is 49.7 Å². The van der Waals surface area contributed by atoms with Crippen LogP contribution in [0.15, 0.2) is 24.3 Å². The largest absolute Gasteiger partial charge is 0.490 e. The monoisotopic (exact) mass is 367 g/mol. The molecule has 0 spiro atoms. The Kier molecular flexibility index (Phi) is 6.51. The summed E-state index contributed by atoms with van der Waals surface area (Å²) in [4.78, 5) is 2.09. The SMILES string of the molecule is OC1(CN2CCOCC(O)(COc3ccc(F)cc3)C2)CCCCCC1. The summed E-state index contributed by atoms with van der Waals surface area (Å²) in [5.74, 6) is 0.190. The Balaban J connectivity index is 1.59. The second-order valence-electron chi connectivity index (χ2n) is 7.87. The number of aliphatic hydroxyl groups is 2. The van der Waals surface area contributed by atoms with Gasteiger partial charge in [-0.1, -0.05) is 25.7 Å². The summed E-state index contributed by atoms with van der Waals surface area (Å²) < 4.78 is 24.2. The molecule has 1 aromatic carbocycles. The Bertz CT molecular complexity index is 559. The van der Waals surface area contributed by atoms with Crippen molar-refractivity contribution in [2.75, 3.05) is 39.5 Å². The van der Waals surface area contributed by atoms with Gasteiger partial charge >= 0.3 is 0 Å². The summed E-state index contributed by atoms with van der Waals surface area (Å²) in [5, 5.41) is 21.9.